The molecule has 1 heterocycles. The van der Waals surface area contributed by atoms with Crippen molar-refractivity contribution in [3.8, 4) is 0 Å². The fourth-order valence-corrected chi connectivity index (χ4v) is 3.64. The molecule has 0 saturated carbocycles. The third-order valence-electron chi connectivity index (χ3n) is 5.08. The molecule has 0 aliphatic carbocycles. The van der Waals surface area contributed by atoms with Gasteiger partial charge in [0.25, 0.3) is 5.91 Å². The number of benzene rings is 1. The molecule has 152 valence electrons. The van der Waals surface area contributed by atoms with Crippen LogP contribution in [0.2, 0.25) is 0 Å². The lowest BCUT2D eigenvalue weighted by molar-refractivity contribution is 0.0963. The number of aliphatic imine (C=N–C) groups is 1. The highest BCUT2D eigenvalue weighted by Gasteiger charge is 2.24. The normalized spacial score (nSPS) is 17.3. The topological polar surface area (TPSA) is 60.0 Å². The zero-order valence-electron chi connectivity index (χ0n) is 17.0. The summed E-state index contributed by atoms with van der Waals surface area (Å²) in [6.45, 7) is 6.35. The Bertz CT molecular complexity index is 622. The number of rotatable bonds is 7. The summed E-state index contributed by atoms with van der Waals surface area (Å²) in [5.74, 6) is 0.878. The predicted molar refractivity (Wildman–Crippen MR) is 123 cm³/mol. The zero-order chi connectivity index (χ0) is 18.9. The van der Waals surface area contributed by atoms with Crippen LogP contribution in [0.15, 0.2) is 29.3 Å². The van der Waals surface area contributed by atoms with Gasteiger partial charge in [-0.15, -0.1) is 24.0 Å². The predicted octanol–water partition coefficient (Wildman–Crippen LogP) is 2.20. The van der Waals surface area contributed by atoms with Gasteiger partial charge in [-0.2, -0.15) is 0 Å². The summed E-state index contributed by atoms with van der Waals surface area (Å²) >= 11 is 0. The average molecular weight is 487 g/mol. The number of nitrogens with one attached hydrogen (secondary N) is 2. The Morgan fingerprint density at radius 3 is 2.85 bits per heavy atom. The number of hydrogen-bond acceptors (Lipinski definition) is 3. The number of hydrogen-bond donors (Lipinski definition) is 2. The van der Waals surface area contributed by atoms with Crippen molar-refractivity contribution in [3.63, 3.8) is 0 Å². The number of guanidine groups is 1. The summed E-state index contributed by atoms with van der Waals surface area (Å²) in [7, 11) is 5.59. The van der Waals surface area contributed by atoms with E-state index in [1.807, 2.05) is 25.2 Å². The Labute approximate surface area is 180 Å². The molecule has 1 aromatic rings. The van der Waals surface area contributed by atoms with Gasteiger partial charge in [-0.3, -0.25) is 14.7 Å². The third-order valence-corrected chi connectivity index (χ3v) is 5.08. The first-order valence-corrected chi connectivity index (χ1v) is 9.55. The standard InChI is InChI=1S/C20H33N5O.HI/c1-5-25-13-7-10-18(25)15-24(4)20(22-3)23-12-11-16-8-6-9-17(14-16)19(26)21-2;/h6,8-9,14,18H,5,7,10-13,15H2,1-4H3,(H,21,26)(H,22,23);1H. The summed E-state index contributed by atoms with van der Waals surface area (Å²) < 4.78 is 0. The maximum absolute atomic E-state index is 11.7. The Morgan fingerprint density at radius 1 is 1.41 bits per heavy atom. The van der Waals surface area contributed by atoms with Crippen molar-refractivity contribution >= 4 is 35.8 Å². The molecule has 1 aliphatic rings. The van der Waals surface area contributed by atoms with E-state index in [-0.39, 0.29) is 29.9 Å². The van der Waals surface area contributed by atoms with Crippen molar-refractivity contribution in [1.82, 2.24) is 20.4 Å². The monoisotopic (exact) mass is 487 g/mol. The summed E-state index contributed by atoms with van der Waals surface area (Å²) in [5, 5.41) is 6.11. The first-order valence-electron chi connectivity index (χ1n) is 9.55. The van der Waals surface area contributed by atoms with Crippen LogP contribution >= 0.6 is 24.0 Å². The molecular formula is C20H34IN5O. The number of likely N-dealkylation sites (tertiary alicyclic amines) is 1. The van der Waals surface area contributed by atoms with Gasteiger partial charge >= 0.3 is 0 Å². The van der Waals surface area contributed by atoms with Crippen LogP contribution in [0, 0.1) is 0 Å². The molecule has 2 rings (SSSR count). The van der Waals surface area contributed by atoms with Gasteiger partial charge in [-0.25, -0.2) is 0 Å². The van der Waals surface area contributed by atoms with E-state index in [9.17, 15) is 4.79 Å². The van der Waals surface area contributed by atoms with Crippen LogP contribution in [0.4, 0.5) is 0 Å². The molecule has 7 heteroatoms. The minimum absolute atomic E-state index is 0. The average Bonchev–Trinajstić information content (AvgIpc) is 3.11. The van der Waals surface area contributed by atoms with Crippen molar-refractivity contribution in [1.29, 1.82) is 0 Å². The molecule has 0 aromatic heterocycles. The van der Waals surface area contributed by atoms with Crippen molar-refractivity contribution in [2.45, 2.75) is 32.2 Å². The van der Waals surface area contributed by atoms with E-state index >= 15 is 0 Å². The number of amides is 1. The van der Waals surface area contributed by atoms with Crippen LogP contribution in [0.5, 0.6) is 0 Å². The van der Waals surface area contributed by atoms with Crippen LogP contribution in [-0.2, 0) is 6.42 Å². The van der Waals surface area contributed by atoms with Crippen LogP contribution < -0.4 is 10.6 Å². The molecule has 1 atom stereocenters. The molecule has 1 amide bonds. The highest BCUT2D eigenvalue weighted by atomic mass is 127. The molecule has 1 saturated heterocycles. The highest BCUT2D eigenvalue weighted by Crippen LogP contribution is 2.17. The molecular weight excluding hydrogens is 453 g/mol. The maximum atomic E-state index is 11.7. The molecule has 6 nitrogen and oxygen atoms in total. The second kappa shape index (κ2) is 12.2. The molecule has 1 aromatic carbocycles. The van der Waals surface area contributed by atoms with E-state index in [0.717, 1.165) is 37.6 Å². The first kappa shape index (κ1) is 23.7. The fourth-order valence-electron chi connectivity index (χ4n) is 3.64. The molecule has 0 radical (unpaired) electrons. The van der Waals surface area contributed by atoms with E-state index in [0.29, 0.717) is 11.6 Å². The van der Waals surface area contributed by atoms with Crippen LogP contribution in [0.1, 0.15) is 35.7 Å². The Morgan fingerprint density at radius 2 is 2.19 bits per heavy atom. The number of carbonyl (C=O) groups is 1. The van der Waals surface area contributed by atoms with Crippen molar-refractivity contribution in [2.75, 3.05) is 47.3 Å². The number of carbonyl (C=O) groups excluding carboxylic acids is 1. The Hall–Kier alpha value is -1.35. The van der Waals surface area contributed by atoms with Crippen LogP contribution in [0.3, 0.4) is 0 Å². The maximum Gasteiger partial charge on any atom is 0.251 e. The largest absolute Gasteiger partial charge is 0.356 e. The van der Waals surface area contributed by atoms with Gasteiger partial charge in [-0.1, -0.05) is 19.1 Å². The van der Waals surface area contributed by atoms with Crippen molar-refractivity contribution < 1.29 is 4.79 Å². The van der Waals surface area contributed by atoms with E-state index in [2.05, 4.69) is 45.5 Å². The van der Waals surface area contributed by atoms with Crippen LogP contribution in [-0.4, -0.2) is 75.0 Å². The Balaban J connectivity index is 0.00000364. The lowest BCUT2D eigenvalue weighted by atomic mass is 10.1. The van der Waals surface area contributed by atoms with Crippen molar-refractivity contribution in [3.05, 3.63) is 35.4 Å². The minimum Gasteiger partial charge on any atom is -0.356 e. The number of halogens is 1. The summed E-state index contributed by atoms with van der Waals surface area (Å²) in [4.78, 5) is 20.9. The van der Waals surface area contributed by atoms with E-state index < -0.39 is 0 Å². The van der Waals surface area contributed by atoms with Gasteiger partial charge in [0.05, 0.1) is 0 Å². The van der Waals surface area contributed by atoms with Gasteiger partial charge in [0.2, 0.25) is 0 Å². The van der Waals surface area contributed by atoms with E-state index in [1.54, 1.807) is 7.05 Å². The summed E-state index contributed by atoms with van der Waals surface area (Å²) in [5.41, 5.74) is 1.84. The van der Waals surface area contributed by atoms with Gasteiger partial charge in [0.15, 0.2) is 5.96 Å². The minimum atomic E-state index is -0.0487. The SMILES string of the molecule is CCN1CCCC1CN(C)C(=NC)NCCc1cccc(C(=O)NC)c1.I. The molecule has 27 heavy (non-hydrogen) atoms. The summed E-state index contributed by atoms with van der Waals surface area (Å²) in [6, 6.07) is 8.39. The zero-order valence-corrected chi connectivity index (χ0v) is 19.3. The lowest BCUT2D eigenvalue weighted by Gasteiger charge is -2.29. The highest BCUT2D eigenvalue weighted by molar-refractivity contribution is 14.0. The molecule has 1 aliphatic heterocycles. The first-order chi connectivity index (χ1) is 12.6. The van der Waals surface area contributed by atoms with Gasteiger partial charge in [0, 0.05) is 45.8 Å². The molecule has 2 N–H and O–H groups in total. The Kier molecular flexibility index (Phi) is 10.7. The van der Waals surface area contributed by atoms with E-state index in [4.69, 9.17) is 0 Å². The number of nitrogens with zero attached hydrogens (tertiary/aromatic N) is 3. The van der Waals surface area contributed by atoms with E-state index in [1.165, 1.54) is 19.4 Å². The third kappa shape index (κ3) is 6.95. The fraction of sp³-hybridized carbons (Fsp3) is 0.600. The smallest absolute Gasteiger partial charge is 0.251 e. The van der Waals surface area contributed by atoms with Gasteiger partial charge < -0.3 is 15.5 Å². The molecule has 0 bridgehead atoms. The summed E-state index contributed by atoms with van der Waals surface area (Å²) in [6.07, 6.45) is 3.41. The molecule has 1 fully saturated rings. The number of likely N-dealkylation sites (N-methyl/N-ethyl adjacent to an activating group) is 2. The lowest BCUT2D eigenvalue weighted by Crippen LogP contribution is -2.46. The quantitative estimate of drug-likeness (QED) is 0.352. The van der Waals surface area contributed by atoms with Gasteiger partial charge in [0.1, 0.15) is 0 Å². The molecule has 1 unspecified atom stereocenters. The van der Waals surface area contributed by atoms with Crippen molar-refractivity contribution in [2.24, 2.45) is 4.99 Å². The molecule has 0 spiro atoms. The second-order valence-corrected chi connectivity index (χ2v) is 6.81. The van der Waals surface area contributed by atoms with Crippen LogP contribution in [0.25, 0.3) is 0 Å². The second-order valence-electron chi connectivity index (χ2n) is 6.81. The van der Waals surface area contributed by atoms with Gasteiger partial charge in [-0.05, 0) is 50.0 Å².